The lowest BCUT2D eigenvalue weighted by Gasteiger charge is -2.28. The molecule has 1 aliphatic heterocycles. The molecule has 0 radical (unpaired) electrons. The van der Waals surface area contributed by atoms with E-state index in [0.29, 0.717) is 0 Å². The number of benzene rings is 1. The van der Waals surface area contributed by atoms with E-state index >= 15 is 0 Å². The quantitative estimate of drug-likeness (QED) is 0.667. The maximum absolute atomic E-state index is 4.80. The Hall–Kier alpha value is -1.81. The van der Waals surface area contributed by atoms with Crippen LogP contribution in [0.25, 0.3) is 5.65 Å². The monoisotopic (exact) mass is 341 g/mol. The lowest BCUT2D eigenvalue weighted by Crippen LogP contribution is -2.30. The van der Waals surface area contributed by atoms with Crippen LogP contribution in [0.2, 0.25) is 0 Å². The van der Waals surface area contributed by atoms with Crippen LogP contribution >= 0.6 is 15.9 Å². The number of hydrogen-bond donors (Lipinski definition) is 0. The van der Waals surface area contributed by atoms with E-state index in [1.54, 1.807) is 0 Å². The van der Waals surface area contributed by atoms with Gasteiger partial charge in [-0.1, -0.05) is 18.2 Å². The molecule has 4 heteroatoms. The summed E-state index contributed by atoms with van der Waals surface area (Å²) in [6, 6.07) is 12.8. The number of halogens is 1. The summed E-state index contributed by atoms with van der Waals surface area (Å²) in [5, 5.41) is 0. The van der Waals surface area contributed by atoms with Crippen LogP contribution in [0.5, 0.6) is 0 Å². The third kappa shape index (κ3) is 2.14. The van der Waals surface area contributed by atoms with Crippen LogP contribution in [0.4, 0.5) is 5.69 Å². The molecule has 0 spiro atoms. The standard InChI is InChI=1S/C17H16BrN3/c1-12-9-17-19-15-7-8-20(13-5-3-2-4-6-13)11-16(15)21(17)10-14(12)18/h2-6,9-10H,7-8,11H2,1H3. The summed E-state index contributed by atoms with van der Waals surface area (Å²) in [6.45, 7) is 4.05. The zero-order chi connectivity index (χ0) is 14.4. The van der Waals surface area contributed by atoms with Crippen molar-refractivity contribution in [3.8, 4) is 0 Å². The Balaban J connectivity index is 1.79. The first-order valence-electron chi connectivity index (χ1n) is 7.18. The Kier molecular flexibility index (Phi) is 3.00. The Morgan fingerprint density at radius 3 is 2.81 bits per heavy atom. The van der Waals surface area contributed by atoms with Gasteiger partial charge in [-0.25, -0.2) is 4.98 Å². The van der Waals surface area contributed by atoms with Gasteiger partial charge in [-0.2, -0.15) is 0 Å². The molecule has 3 aromatic rings. The van der Waals surface area contributed by atoms with E-state index in [4.69, 9.17) is 4.98 Å². The summed E-state index contributed by atoms with van der Waals surface area (Å²) in [5.74, 6) is 0. The normalized spacial score (nSPS) is 14.5. The molecule has 0 saturated carbocycles. The third-order valence-corrected chi connectivity index (χ3v) is 5.00. The number of para-hydroxylation sites is 1. The van der Waals surface area contributed by atoms with Gasteiger partial charge in [-0.15, -0.1) is 0 Å². The zero-order valence-corrected chi connectivity index (χ0v) is 13.5. The van der Waals surface area contributed by atoms with Crippen molar-refractivity contribution in [2.45, 2.75) is 19.9 Å². The van der Waals surface area contributed by atoms with Gasteiger partial charge in [0.25, 0.3) is 0 Å². The number of aryl methyl sites for hydroxylation is 1. The van der Waals surface area contributed by atoms with Gasteiger partial charge in [-0.05, 0) is 46.6 Å². The molecular formula is C17H16BrN3. The van der Waals surface area contributed by atoms with Crippen molar-refractivity contribution < 1.29 is 0 Å². The first-order valence-corrected chi connectivity index (χ1v) is 7.97. The molecule has 0 bridgehead atoms. The molecule has 1 aromatic carbocycles. The number of pyridine rings is 1. The van der Waals surface area contributed by atoms with Crippen LogP contribution in [0.3, 0.4) is 0 Å². The van der Waals surface area contributed by atoms with Crippen molar-refractivity contribution in [2.75, 3.05) is 11.4 Å². The van der Waals surface area contributed by atoms with Crippen LogP contribution in [-0.2, 0) is 13.0 Å². The summed E-state index contributed by atoms with van der Waals surface area (Å²) in [4.78, 5) is 7.22. The van der Waals surface area contributed by atoms with Gasteiger partial charge in [0.1, 0.15) is 5.65 Å². The van der Waals surface area contributed by atoms with Crippen LogP contribution in [-0.4, -0.2) is 15.9 Å². The van der Waals surface area contributed by atoms with E-state index in [2.05, 4.69) is 74.7 Å². The molecule has 3 heterocycles. The van der Waals surface area contributed by atoms with Crippen molar-refractivity contribution in [1.82, 2.24) is 9.38 Å². The van der Waals surface area contributed by atoms with Gasteiger partial charge >= 0.3 is 0 Å². The second-order valence-corrected chi connectivity index (χ2v) is 6.40. The predicted molar refractivity (Wildman–Crippen MR) is 88.8 cm³/mol. The highest BCUT2D eigenvalue weighted by Crippen LogP contribution is 2.27. The first kappa shape index (κ1) is 12.9. The maximum Gasteiger partial charge on any atom is 0.137 e. The molecule has 1 aliphatic rings. The van der Waals surface area contributed by atoms with Gasteiger partial charge in [0.05, 0.1) is 17.9 Å². The number of nitrogens with zero attached hydrogens (tertiary/aromatic N) is 3. The molecule has 2 aromatic heterocycles. The minimum Gasteiger partial charge on any atom is -0.365 e. The molecule has 21 heavy (non-hydrogen) atoms. The predicted octanol–water partition coefficient (Wildman–Crippen LogP) is 3.97. The highest BCUT2D eigenvalue weighted by molar-refractivity contribution is 9.10. The van der Waals surface area contributed by atoms with Crippen LogP contribution in [0.1, 0.15) is 17.0 Å². The maximum atomic E-state index is 4.80. The third-order valence-electron chi connectivity index (χ3n) is 4.17. The van der Waals surface area contributed by atoms with Gasteiger partial charge in [0, 0.05) is 29.3 Å². The lowest BCUT2D eigenvalue weighted by molar-refractivity contribution is 0.702. The smallest absolute Gasteiger partial charge is 0.137 e. The number of hydrogen-bond acceptors (Lipinski definition) is 2. The largest absolute Gasteiger partial charge is 0.365 e. The highest BCUT2D eigenvalue weighted by atomic mass is 79.9. The van der Waals surface area contributed by atoms with E-state index in [-0.39, 0.29) is 0 Å². The van der Waals surface area contributed by atoms with E-state index in [1.807, 2.05) is 0 Å². The fourth-order valence-corrected chi connectivity index (χ4v) is 3.30. The van der Waals surface area contributed by atoms with Gasteiger partial charge < -0.3 is 9.30 Å². The SMILES string of the molecule is Cc1cc2nc3c(n2cc1Br)CN(c1ccccc1)CC3. The minimum absolute atomic E-state index is 0.913. The molecule has 0 amide bonds. The lowest BCUT2D eigenvalue weighted by atomic mass is 10.1. The Labute approximate surface area is 132 Å². The molecule has 106 valence electrons. The number of imidazole rings is 1. The molecule has 0 unspecified atom stereocenters. The number of fused-ring (bicyclic) bond motifs is 3. The van der Waals surface area contributed by atoms with E-state index < -0.39 is 0 Å². The number of anilines is 1. The average molecular weight is 342 g/mol. The van der Waals surface area contributed by atoms with Crippen LogP contribution in [0.15, 0.2) is 47.1 Å². The topological polar surface area (TPSA) is 20.5 Å². The molecule has 0 N–H and O–H groups in total. The molecule has 0 fully saturated rings. The highest BCUT2D eigenvalue weighted by Gasteiger charge is 2.21. The van der Waals surface area contributed by atoms with Crippen molar-refractivity contribution in [3.05, 3.63) is 64.0 Å². The van der Waals surface area contributed by atoms with Crippen LogP contribution < -0.4 is 4.90 Å². The van der Waals surface area contributed by atoms with Crippen LogP contribution in [0, 0.1) is 6.92 Å². The minimum atomic E-state index is 0.913. The number of rotatable bonds is 1. The van der Waals surface area contributed by atoms with Gasteiger partial charge in [0.15, 0.2) is 0 Å². The Bertz CT molecular complexity index is 808. The van der Waals surface area contributed by atoms with Crippen molar-refractivity contribution >= 4 is 27.3 Å². The van der Waals surface area contributed by atoms with Gasteiger partial charge in [0.2, 0.25) is 0 Å². The summed E-state index contributed by atoms with van der Waals surface area (Å²) < 4.78 is 3.36. The molecule has 3 nitrogen and oxygen atoms in total. The van der Waals surface area contributed by atoms with E-state index in [1.165, 1.54) is 22.6 Å². The van der Waals surface area contributed by atoms with Crippen molar-refractivity contribution in [1.29, 1.82) is 0 Å². The van der Waals surface area contributed by atoms with Gasteiger partial charge in [-0.3, -0.25) is 0 Å². The summed E-state index contributed by atoms with van der Waals surface area (Å²) >= 11 is 3.63. The molecule has 4 rings (SSSR count). The molecule has 0 saturated heterocycles. The van der Waals surface area contributed by atoms with Crippen molar-refractivity contribution in [3.63, 3.8) is 0 Å². The summed E-state index contributed by atoms with van der Waals surface area (Å²) in [7, 11) is 0. The van der Waals surface area contributed by atoms with Crippen molar-refractivity contribution in [2.24, 2.45) is 0 Å². The Morgan fingerprint density at radius 2 is 2.00 bits per heavy atom. The summed E-state index contributed by atoms with van der Waals surface area (Å²) in [5.41, 5.74) is 6.10. The molecule has 0 aliphatic carbocycles. The molecular weight excluding hydrogens is 326 g/mol. The molecule has 0 atom stereocenters. The average Bonchev–Trinajstić information content (AvgIpc) is 2.85. The Morgan fingerprint density at radius 1 is 1.19 bits per heavy atom. The second kappa shape index (κ2) is 4.88. The fourth-order valence-electron chi connectivity index (χ4n) is 2.99. The second-order valence-electron chi connectivity index (χ2n) is 5.54. The first-order chi connectivity index (χ1) is 10.2. The van der Waals surface area contributed by atoms with E-state index in [9.17, 15) is 0 Å². The summed E-state index contributed by atoms with van der Waals surface area (Å²) in [6.07, 6.45) is 3.15. The zero-order valence-electron chi connectivity index (χ0n) is 11.9. The fraction of sp³-hybridized carbons (Fsp3) is 0.235. The van der Waals surface area contributed by atoms with E-state index in [0.717, 1.165) is 29.6 Å². The number of aromatic nitrogens is 2.